The summed E-state index contributed by atoms with van der Waals surface area (Å²) in [4.78, 5) is 0. The first kappa shape index (κ1) is 13.3. The Morgan fingerprint density at radius 3 is 2.94 bits per heavy atom. The fourth-order valence-electron chi connectivity index (χ4n) is 1.76. The van der Waals surface area contributed by atoms with Gasteiger partial charge in [0.25, 0.3) is 0 Å². The van der Waals surface area contributed by atoms with E-state index in [-0.39, 0.29) is 0 Å². The molecule has 6 heteroatoms. The number of rotatable bonds is 4. The van der Waals surface area contributed by atoms with Crippen molar-refractivity contribution >= 4 is 28.1 Å². The molecular formula is C12H14BrN3OS. The number of aromatic nitrogens is 3. The van der Waals surface area contributed by atoms with Crippen molar-refractivity contribution in [2.45, 2.75) is 19.9 Å². The van der Waals surface area contributed by atoms with Crippen LogP contribution < -0.4 is 4.74 Å². The summed E-state index contributed by atoms with van der Waals surface area (Å²) >= 11 is 8.78. The number of halogens is 1. The Labute approximate surface area is 119 Å². The number of aromatic amines is 1. The first-order valence-corrected chi connectivity index (χ1v) is 6.86. The lowest BCUT2D eigenvalue weighted by Gasteiger charge is -2.08. The fourth-order valence-corrected chi connectivity index (χ4v) is 2.40. The van der Waals surface area contributed by atoms with Crippen LogP contribution >= 0.6 is 28.1 Å². The van der Waals surface area contributed by atoms with Crippen molar-refractivity contribution in [3.8, 4) is 17.1 Å². The number of hydrogen-bond donors (Lipinski definition) is 1. The molecule has 2 rings (SSSR count). The molecule has 18 heavy (non-hydrogen) atoms. The Kier molecular flexibility index (Phi) is 4.19. The summed E-state index contributed by atoms with van der Waals surface area (Å²) in [6.45, 7) is 2.95. The van der Waals surface area contributed by atoms with Crippen molar-refractivity contribution in [3.05, 3.63) is 27.4 Å². The number of H-pyrrole nitrogens is 1. The van der Waals surface area contributed by atoms with Gasteiger partial charge in [-0.3, -0.25) is 5.10 Å². The van der Waals surface area contributed by atoms with Crippen LogP contribution in [0.2, 0.25) is 0 Å². The monoisotopic (exact) mass is 327 g/mol. The summed E-state index contributed by atoms with van der Waals surface area (Å²) in [6, 6.07) is 5.79. The molecule has 96 valence electrons. The van der Waals surface area contributed by atoms with Crippen LogP contribution in [0.4, 0.5) is 0 Å². The minimum absolute atomic E-state index is 0.640. The third-order valence-corrected chi connectivity index (χ3v) is 3.62. The standard InChI is InChI=1S/C12H14BrN3OS/c1-3-6-16-11(14-15-12(16)18)9-7-8(17-2)4-5-10(9)13/h4-5,7H,3,6H2,1-2H3,(H,15,18). The molecule has 0 saturated carbocycles. The lowest BCUT2D eigenvalue weighted by atomic mass is 10.2. The van der Waals surface area contributed by atoms with Gasteiger partial charge in [0.05, 0.1) is 7.11 Å². The Morgan fingerprint density at radius 2 is 2.28 bits per heavy atom. The second kappa shape index (κ2) is 5.67. The molecule has 1 aromatic heterocycles. The molecule has 0 spiro atoms. The lowest BCUT2D eigenvalue weighted by molar-refractivity contribution is 0.415. The number of ether oxygens (including phenoxy) is 1. The molecule has 1 heterocycles. The molecule has 0 saturated heterocycles. The zero-order chi connectivity index (χ0) is 13.1. The fraction of sp³-hybridized carbons (Fsp3) is 0.333. The Morgan fingerprint density at radius 1 is 1.50 bits per heavy atom. The summed E-state index contributed by atoms with van der Waals surface area (Å²) in [5, 5.41) is 7.14. The predicted octanol–water partition coefficient (Wildman–Crippen LogP) is 3.79. The molecule has 0 unspecified atom stereocenters. The summed E-state index contributed by atoms with van der Waals surface area (Å²) in [5.41, 5.74) is 0.968. The minimum atomic E-state index is 0.640. The van der Waals surface area contributed by atoms with Crippen LogP contribution in [0, 0.1) is 4.77 Å². The van der Waals surface area contributed by atoms with E-state index >= 15 is 0 Å². The van der Waals surface area contributed by atoms with Crippen molar-refractivity contribution in [2.75, 3.05) is 7.11 Å². The molecule has 0 atom stereocenters. The highest BCUT2D eigenvalue weighted by atomic mass is 79.9. The van der Waals surface area contributed by atoms with Crippen LogP contribution in [-0.4, -0.2) is 21.9 Å². The summed E-state index contributed by atoms with van der Waals surface area (Å²) in [6.07, 6.45) is 1.00. The molecule has 1 aromatic carbocycles. The van der Waals surface area contributed by atoms with Gasteiger partial charge in [0.1, 0.15) is 5.75 Å². The largest absolute Gasteiger partial charge is 0.497 e. The molecular weight excluding hydrogens is 314 g/mol. The smallest absolute Gasteiger partial charge is 0.195 e. The van der Waals surface area contributed by atoms with E-state index in [1.54, 1.807) is 7.11 Å². The first-order valence-electron chi connectivity index (χ1n) is 5.66. The maximum Gasteiger partial charge on any atom is 0.195 e. The average Bonchev–Trinajstić information content (AvgIpc) is 2.73. The Hall–Kier alpha value is -1.14. The van der Waals surface area contributed by atoms with E-state index in [0.717, 1.165) is 34.6 Å². The molecule has 0 aliphatic carbocycles. The second-order valence-corrected chi connectivity index (χ2v) is 5.09. The van der Waals surface area contributed by atoms with Crippen molar-refractivity contribution in [1.29, 1.82) is 0 Å². The van der Waals surface area contributed by atoms with Crippen LogP contribution in [0.1, 0.15) is 13.3 Å². The van der Waals surface area contributed by atoms with E-state index < -0.39 is 0 Å². The van der Waals surface area contributed by atoms with Crippen LogP contribution in [0.15, 0.2) is 22.7 Å². The van der Waals surface area contributed by atoms with Gasteiger partial charge in [0.2, 0.25) is 0 Å². The topological polar surface area (TPSA) is 42.8 Å². The highest BCUT2D eigenvalue weighted by molar-refractivity contribution is 9.10. The van der Waals surface area contributed by atoms with Crippen LogP contribution in [-0.2, 0) is 6.54 Å². The molecule has 0 bridgehead atoms. The predicted molar refractivity (Wildman–Crippen MR) is 77.4 cm³/mol. The molecule has 4 nitrogen and oxygen atoms in total. The molecule has 1 N–H and O–H groups in total. The number of nitrogens with zero attached hydrogens (tertiary/aromatic N) is 2. The quantitative estimate of drug-likeness (QED) is 0.869. The van der Waals surface area contributed by atoms with Gasteiger partial charge < -0.3 is 9.30 Å². The highest BCUT2D eigenvalue weighted by Gasteiger charge is 2.12. The van der Waals surface area contributed by atoms with E-state index in [1.807, 2.05) is 22.8 Å². The molecule has 2 aromatic rings. The van der Waals surface area contributed by atoms with Gasteiger partial charge in [0, 0.05) is 16.6 Å². The van der Waals surface area contributed by atoms with E-state index in [9.17, 15) is 0 Å². The second-order valence-electron chi connectivity index (χ2n) is 3.85. The van der Waals surface area contributed by atoms with Gasteiger partial charge >= 0.3 is 0 Å². The highest BCUT2D eigenvalue weighted by Crippen LogP contribution is 2.30. The Balaban J connectivity index is 2.57. The van der Waals surface area contributed by atoms with Gasteiger partial charge in [-0.2, -0.15) is 5.10 Å². The number of hydrogen-bond acceptors (Lipinski definition) is 3. The molecule has 0 radical (unpaired) electrons. The number of benzene rings is 1. The van der Waals surface area contributed by atoms with Gasteiger partial charge in [0.15, 0.2) is 10.6 Å². The van der Waals surface area contributed by atoms with Crippen LogP contribution in [0.3, 0.4) is 0 Å². The first-order chi connectivity index (χ1) is 8.67. The van der Waals surface area contributed by atoms with E-state index in [4.69, 9.17) is 17.0 Å². The molecule has 0 amide bonds. The number of methoxy groups -OCH3 is 1. The third-order valence-electron chi connectivity index (χ3n) is 2.62. The zero-order valence-corrected chi connectivity index (χ0v) is 12.6. The van der Waals surface area contributed by atoms with Crippen LogP contribution in [0.25, 0.3) is 11.4 Å². The van der Waals surface area contributed by atoms with E-state index in [2.05, 4.69) is 33.1 Å². The van der Waals surface area contributed by atoms with E-state index in [1.165, 1.54) is 0 Å². The normalized spacial score (nSPS) is 10.6. The van der Waals surface area contributed by atoms with Crippen molar-refractivity contribution in [3.63, 3.8) is 0 Å². The molecule has 0 fully saturated rings. The summed E-state index contributed by atoms with van der Waals surface area (Å²) < 4.78 is 8.85. The lowest BCUT2D eigenvalue weighted by Crippen LogP contribution is -2.00. The van der Waals surface area contributed by atoms with Gasteiger partial charge in [-0.05, 0) is 36.8 Å². The van der Waals surface area contributed by atoms with Gasteiger partial charge in [-0.25, -0.2) is 0 Å². The summed E-state index contributed by atoms with van der Waals surface area (Å²) in [7, 11) is 1.65. The summed E-state index contributed by atoms with van der Waals surface area (Å²) in [5.74, 6) is 1.62. The van der Waals surface area contributed by atoms with Gasteiger partial charge in [-0.15, -0.1) is 0 Å². The maximum absolute atomic E-state index is 5.24. The zero-order valence-electron chi connectivity index (χ0n) is 10.2. The molecule has 0 aliphatic rings. The SMILES string of the molecule is CCCn1c(-c2cc(OC)ccc2Br)n[nH]c1=S. The third kappa shape index (κ3) is 2.49. The molecule has 0 aliphatic heterocycles. The minimum Gasteiger partial charge on any atom is -0.497 e. The average molecular weight is 328 g/mol. The van der Waals surface area contributed by atoms with E-state index in [0.29, 0.717) is 4.77 Å². The van der Waals surface area contributed by atoms with Crippen LogP contribution in [0.5, 0.6) is 5.75 Å². The number of nitrogens with one attached hydrogen (secondary N) is 1. The van der Waals surface area contributed by atoms with Crippen molar-refractivity contribution in [2.24, 2.45) is 0 Å². The van der Waals surface area contributed by atoms with Crippen molar-refractivity contribution in [1.82, 2.24) is 14.8 Å². The maximum atomic E-state index is 5.24. The van der Waals surface area contributed by atoms with Crippen molar-refractivity contribution < 1.29 is 4.74 Å². The van der Waals surface area contributed by atoms with Gasteiger partial charge in [-0.1, -0.05) is 22.9 Å². The Bertz CT molecular complexity index is 606.